The van der Waals surface area contributed by atoms with Crippen molar-refractivity contribution in [3.05, 3.63) is 87.0 Å². The maximum absolute atomic E-state index is 13.3. The van der Waals surface area contributed by atoms with Crippen LogP contribution in [0, 0.1) is 13.8 Å². The Balaban J connectivity index is 1.49. The molecule has 1 N–H and O–H groups in total. The molecule has 0 saturated heterocycles. The van der Waals surface area contributed by atoms with E-state index in [1.54, 1.807) is 0 Å². The number of pyridine rings is 1. The van der Waals surface area contributed by atoms with Crippen molar-refractivity contribution in [2.75, 3.05) is 6.54 Å². The van der Waals surface area contributed by atoms with Gasteiger partial charge in [0.05, 0.1) is 17.6 Å². The minimum Gasteiger partial charge on any atom is -0.321 e. The van der Waals surface area contributed by atoms with Gasteiger partial charge in [-0.1, -0.05) is 68.7 Å². The highest BCUT2D eigenvalue weighted by Crippen LogP contribution is 2.32. The highest BCUT2D eigenvalue weighted by molar-refractivity contribution is 5.83. The summed E-state index contributed by atoms with van der Waals surface area (Å²) in [4.78, 5) is 18.9. The molecular formula is C30H38N6O. The van der Waals surface area contributed by atoms with E-state index in [9.17, 15) is 4.79 Å². The lowest BCUT2D eigenvalue weighted by atomic mass is 9.95. The smallest absolute Gasteiger partial charge is 0.252 e. The molecule has 0 bridgehead atoms. The van der Waals surface area contributed by atoms with Crippen LogP contribution >= 0.6 is 0 Å². The minimum absolute atomic E-state index is 0.0207. The summed E-state index contributed by atoms with van der Waals surface area (Å²) in [7, 11) is 0. The molecule has 2 heterocycles. The molecule has 7 heteroatoms. The summed E-state index contributed by atoms with van der Waals surface area (Å²) in [6.45, 7) is 7.69. The van der Waals surface area contributed by atoms with Crippen molar-refractivity contribution in [3.63, 3.8) is 0 Å². The van der Waals surface area contributed by atoms with Crippen molar-refractivity contribution in [2.24, 2.45) is 0 Å². The molecular weight excluding hydrogens is 460 g/mol. The van der Waals surface area contributed by atoms with Crippen LogP contribution in [0.1, 0.15) is 85.6 Å². The molecule has 1 fully saturated rings. The summed E-state index contributed by atoms with van der Waals surface area (Å²) in [5.74, 6) is 0.922. The van der Waals surface area contributed by atoms with E-state index in [0.717, 1.165) is 60.1 Å². The van der Waals surface area contributed by atoms with E-state index < -0.39 is 0 Å². The van der Waals surface area contributed by atoms with Crippen molar-refractivity contribution in [1.82, 2.24) is 30.1 Å². The van der Waals surface area contributed by atoms with Gasteiger partial charge in [-0.05, 0) is 78.1 Å². The first kappa shape index (κ1) is 25.3. The highest BCUT2D eigenvalue weighted by Gasteiger charge is 2.29. The van der Waals surface area contributed by atoms with E-state index in [-0.39, 0.29) is 11.6 Å². The van der Waals surface area contributed by atoms with E-state index in [1.165, 1.54) is 30.4 Å². The Morgan fingerprint density at radius 1 is 1.08 bits per heavy atom. The third-order valence-electron chi connectivity index (χ3n) is 8.10. The summed E-state index contributed by atoms with van der Waals surface area (Å²) in [6, 6.07) is 17.2. The van der Waals surface area contributed by atoms with Gasteiger partial charge in [0.25, 0.3) is 5.56 Å². The van der Waals surface area contributed by atoms with Crippen molar-refractivity contribution >= 4 is 10.9 Å². The van der Waals surface area contributed by atoms with Crippen LogP contribution in [-0.4, -0.2) is 36.6 Å². The maximum Gasteiger partial charge on any atom is 0.252 e. The second-order valence-corrected chi connectivity index (χ2v) is 10.5. The Kier molecular flexibility index (Phi) is 7.79. The van der Waals surface area contributed by atoms with Gasteiger partial charge >= 0.3 is 0 Å². The molecule has 0 unspecified atom stereocenters. The highest BCUT2D eigenvalue weighted by atomic mass is 16.1. The predicted octanol–water partition coefficient (Wildman–Crippen LogP) is 5.83. The number of nitrogens with zero attached hydrogens (tertiary/aromatic N) is 5. The average molecular weight is 499 g/mol. The normalized spacial score (nSPS) is 15.5. The lowest BCUT2D eigenvalue weighted by Gasteiger charge is -2.32. The van der Waals surface area contributed by atoms with Crippen LogP contribution in [0.3, 0.4) is 0 Å². The summed E-state index contributed by atoms with van der Waals surface area (Å²) in [5.41, 5.74) is 5.28. The molecule has 0 aliphatic heterocycles. The molecule has 7 nitrogen and oxygen atoms in total. The fourth-order valence-electron chi connectivity index (χ4n) is 5.78. The number of tetrazole rings is 1. The van der Waals surface area contributed by atoms with E-state index in [0.29, 0.717) is 12.6 Å². The van der Waals surface area contributed by atoms with Crippen molar-refractivity contribution in [2.45, 2.75) is 84.3 Å². The average Bonchev–Trinajstić information content (AvgIpc) is 3.41. The zero-order chi connectivity index (χ0) is 25.8. The lowest BCUT2D eigenvalue weighted by Crippen LogP contribution is -2.35. The Morgan fingerprint density at radius 3 is 2.62 bits per heavy atom. The molecule has 37 heavy (non-hydrogen) atoms. The van der Waals surface area contributed by atoms with E-state index in [2.05, 4.69) is 93.3 Å². The molecule has 2 aromatic carbocycles. The number of nitrogens with one attached hydrogen (secondary N) is 1. The van der Waals surface area contributed by atoms with Gasteiger partial charge in [-0.3, -0.25) is 9.69 Å². The van der Waals surface area contributed by atoms with Crippen molar-refractivity contribution < 1.29 is 0 Å². The van der Waals surface area contributed by atoms with Gasteiger partial charge in [-0.15, -0.1) is 5.10 Å². The fourth-order valence-corrected chi connectivity index (χ4v) is 5.78. The first-order valence-electron chi connectivity index (χ1n) is 13.7. The van der Waals surface area contributed by atoms with Gasteiger partial charge in [-0.25, -0.2) is 4.68 Å². The zero-order valence-corrected chi connectivity index (χ0v) is 22.3. The van der Waals surface area contributed by atoms with E-state index in [1.807, 2.05) is 6.07 Å². The standard InChI is InChI=1S/C30H38N6O/c1-4-27(29-32-33-34-36(29)26-13-9-6-10-14-26)35(18-17-23-11-7-5-8-12-23)20-25-19-24-16-15-21(2)22(3)28(24)31-30(25)37/h5,7-8,11-12,15-16,19,26-27H,4,6,9-10,13-14,17-18,20H2,1-3H3,(H,31,37)/t27-/m0/s1. The second-order valence-electron chi connectivity index (χ2n) is 10.5. The number of hydrogen-bond donors (Lipinski definition) is 1. The Morgan fingerprint density at radius 2 is 1.86 bits per heavy atom. The summed E-state index contributed by atoms with van der Waals surface area (Å²) < 4.78 is 2.08. The largest absolute Gasteiger partial charge is 0.321 e. The topological polar surface area (TPSA) is 79.7 Å². The monoisotopic (exact) mass is 498 g/mol. The minimum atomic E-state index is -0.0207. The van der Waals surface area contributed by atoms with Crippen LogP contribution in [0.5, 0.6) is 0 Å². The van der Waals surface area contributed by atoms with Gasteiger partial charge < -0.3 is 4.98 Å². The van der Waals surface area contributed by atoms with Crippen molar-refractivity contribution in [3.8, 4) is 0 Å². The number of aryl methyl sites for hydroxylation is 2. The van der Waals surface area contributed by atoms with Crippen LogP contribution in [0.15, 0.2) is 53.3 Å². The number of rotatable bonds is 9. The molecule has 4 aromatic rings. The van der Waals surface area contributed by atoms with E-state index >= 15 is 0 Å². The third kappa shape index (κ3) is 5.52. The maximum atomic E-state index is 13.3. The van der Waals surface area contributed by atoms with Gasteiger partial charge in [0.2, 0.25) is 0 Å². The number of aromatic amines is 1. The number of benzene rings is 2. The Bertz CT molecular complexity index is 1390. The molecule has 1 atom stereocenters. The molecule has 2 aromatic heterocycles. The molecule has 5 rings (SSSR count). The molecule has 0 spiro atoms. The number of fused-ring (bicyclic) bond motifs is 1. The van der Waals surface area contributed by atoms with Crippen molar-refractivity contribution in [1.29, 1.82) is 0 Å². The summed E-state index contributed by atoms with van der Waals surface area (Å²) in [6.07, 6.45) is 7.76. The SMILES string of the molecule is CC[C@@H](c1nnnn1C1CCCCC1)N(CCc1ccccc1)Cc1cc2ccc(C)c(C)c2[nH]c1=O. The second kappa shape index (κ2) is 11.4. The molecule has 194 valence electrons. The third-order valence-corrected chi connectivity index (χ3v) is 8.10. The van der Waals surface area contributed by atoms with Crippen LogP contribution in [-0.2, 0) is 13.0 Å². The van der Waals surface area contributed by atoms with Gasteiger partial charge in [-0.2, -0.15) is 0 Å². The molecule has 1 aliphatic rings. The van der Waals surface area contributed by atoms with Crippen LogP contribution in [0.25, 0.3) is 10.9 Å². The zero-order valence-electron chi connectivity index (χ0n) is 22.3. The number of aromatic nitrogens is 5. The number of hydrogen-bond acceptors (Lipinski definition) is 5. The first-order chi connectivity index (χ1) is 18.0. The first-order valence-corrected chi connectivity index (χ1v) is 13.7. The number of H-pyrrole nitrogens is 1. The quantitative estimate of drug-likeness (QED) is 0.314. The van der Waals surface area contributed by atoms with Crippen LogP contribution in [0.2, 0.25) is 0 Å². The van der Waals surface area contributed by atoms with Gasteiger partial charge in [0, 0.05) is 18.7 Å². The molecule has 0 radical (unpaired) electrons. The Labute approximate surface area is 218 Å². The summed E-state index contributed by atoms with van der Waals surface area (Å²) >= 11 is 0. The molecule has 1 aliphatic carbocycles. The van der Waals surface area contributed by atoms with Gasteiger partial charge in [0.15, 0.2) is 5.82 Å². The van der Waals surface area contributed by atoms with Crippen LogP contribution in [0.4, 0.5) is 0 Å². The van der Waals surface area contributed by atoms with Crippen LogP contribution < -0.4 is 5.56 Å². The van der Waals surface area contributed by atoms with Gasteiger partial charge in [0.1, 0.15) is 0 Å². The Hall–Kier alpha value is -3.32. The molecule has 0 amide bonds. The lowest BCUT2D eigenvalue weighted by molar-refractivity contribution is 0.165. The fraction of sp³-hybridized carbons (Fsp3) is 0.467. The molecule has 1 saturated carbocycles. The van der Waals surface area contributed by atoms with E-state index in [4.69, 9.17) is 0 Å². The summed E-state index contributed by atoms with van der Waals surface area (Å²) in [5, 5.41) is 14.2. The predicted molar refractivity (Wildman–Crippen MR) is 148 cm³/mol.